The molecule has 1 N–H and O–H groups in total. The van der Waals surface area contributed by atoms with Gasteiger partial charge < -0.3 is 5.32 Å². The van der Waals surface area contributed by atoms with Crippen LogP contribution in [0.2, 0.25) is 0 Å². The van der Waals surface area contributed by atoms with Crippen LogP contribution in [0.15, 0.2) is 22.7 Å². The van der Waals surface area contributed by atoms with E-state index >= 15 is 0 Å². The third kappa shape index (κ3) is 4.48. The molecule has 2 bridgehead atoms. The van der Waals surface area contributed by atoms with Crippen LogP contribution in [0.4, 0.5) is 0 Å². The molecule has 1 aromatic heterocycles. The largest absolute Gasteiger partial charge is 0.350 e. The maximum Gasteiger partial charge on any atom is 0.272 e. The molecular formula is C28H37BrClN3O. The lowest BCUT2D eigenvalue weighted by Gasteiger charge is -2.60. The molecule has 6 heteroatoms. The molecule has 0 saturated heterocycles. The lowest BCUT2D eigenvalue weighted by atomic mass is 9.45. The number of aromatic nitrogens is 2. The summed E-state index contributed by atoms with van der Waals surface area (Å²) >= 11 is 9.53. The van der Waals surface area contributed by atoms with Gasteiger partial charge in [-0.1, -0.05) is 42.3 Å². The lowest BCUT2D eigenvalue weighted by Crippen LogP contribution is -2.54. The standard InChI is InChI=1S/C28H37BrClN3O/c1-28(2)20-10-9-19(24(28)16-20)17-31-27(34)25-23-8-6-7-18-15-21(29)11-12-22(18)26(23)33(32-25)14-5-3-4-13-30/h11-12,15,19-20,24H,3-10,13-14,16-17H2,1-2H3,(H,31,34). The molecule has 3 saturated carbocycles. The van der Waals surface area contributed by atoms with Crippen LogP contribution in [-0.2, 0) is 19.4 Å². The van der Waals surface area contributed by atoms with Gasteiger partial charge in [0.15, 0.2) is 5.69 Å². The predicted molar refractivity (Wildman–Crippen MR) is 142 cm³/mol. The first-order valence-corrected chi connectivity index (χ1v) is 14.5. The van der Waals surface area contributed by atoms with Crippen molar-refractivity contribution in [2.24, 2.45) is 23.2 Å². The van der Waals surface area contributed by atoms with Crippen LogP contribution in [0, 0.1) is 23.2 Å². The second-order valence-corrected chi connectivity index (χ2v) is 12.5. The van der Waals surface area contributed by atoms with Gasteiger partial charge in [0.2, 0.25) is 0 Å². The Hall–Kier alpha value is -1.33. The van der Waals surface area contributed by atoms with Crippen molar-refractivity contribution < 1.29 is 4.79 Å². The molecular weight excluding hydrogens is 510 g/mol. The van der Waals surface area contributed by atoms with Crippen LogP contribution in [-0.4, -0.2) is 28.1 Å². The predicted octanol–water partition coefficient (Wildman–Crippen LogP) is 7.01. The molecule has 0 spiro atoms. The summed E-state index contributed by atoms with van der Waals surface area (Å²) in [6, 6.07) is 6.53. The van der Waals surface area contributed by atoms with Crippen molar-refractivity contribution >= 4 is 33.4 Å². The Morgan fingerprint density at radius 2 is 2.09 bits per heavy atom. The van der Waals surface area contributed by atoms with Crippen LogP contribution >= 0.6 is 27.5 Å². The Morgan fingerprint density at radius 3 is 2.85 bits per heavy atom. The fourth-order valence-electron chi connectivity index (χ4n) is 6.88. The maximum absolute atomic E-state index is 13.5. The first kappa shape index (κ1) is 24.4. The van der Waals surface area contributed by atoms with E-state index in [9.17, 15) is 4.79 Å². The minimum absolute atomic E-state index is 0.00979. The molecule has 0 aliphatic heterocycles. The molecule has 4 aliphatic carbocycles. The molecule has 3 unspecified atom stereocenters. The van der Waals surface area contributed by atoms with Gasteiger partial charge in [-0.25, -0.2) is 0 Å². The molecule has 184 valence electrons. The number of carbonyl (C=O) groups excluding carboxylic acids is 1. The van der Waals surface area contributed by atoms with Crippen molar-refractivity contribution in [3.63, 3.8) is 0 Å². The first-order valence-electron chi connectivity index (χ1n) is 13.1. The average Bonchev–Trinajstić information content (AvgIpc) is 3.07. The molecule has 2 aromatic rings. The molecule has 1 heterocycles. The highest BCUT2D eigenvalue weighted by Gasteiger charge is 2.54. The molecule has 1 aromatic carbocycles. The minimum Gasteiger partial charge on any atom is -0.350 e. The molecule has 6 rings (SSSR count). The van der Waals surface area contributed by atoms with Crippen molar-refractivity contribution in [1.82, 2.24) is 15.1 Å². The number of fused-ring (bicyclic) bond motifs is 5. The maximum atomic E-state index is 13.5. The number of nitrogens with one attached hydrogen (secondary N) is 1. The number of carbonyl (C=O) groups is 1. The average molecular weight is 547 g/mol. The zero-order valence-electron chi connectivity index (χ0n) is 20.5. The molecule has 4 nitrogen and oxygen atoms in total. The third-order valence-electron chi connectivity index (χ3n) is 8.99. The van der Waals surface area contributed by atoms with E-state index in [2.05, 4.69) is 58.0 Å². The van der Waals surface area contributed by atoms with Gasteiger partial charge in [0.05, 0.1) is 5.69 Å². The molecule has 34 heavy (non-hydrogen) atoms. The Labute approximate surface area is 217 Å². The van der Waals surface area contributed by atoms with Crippen molar-refractivity contribution in [2.75, 3.05) is 12.4 Å². The Kier molecular flexibility index (Phi) is 7.14. The van der Waals surface area contributed by atoms with Gasteiger partial charge in [-0.2, -0.15) is 5.10 Å². The van der Waals surface area contributed by atoms with E-state index in [4.69, 9.17) is 16.7 Å². The number of nitrogens with zero attached hydrogens (tertiary/aromatic N) is 2. The quantitative estimate of drug-likeness (QED) is 0.286. The van der Waals surface area contributed by atoms with Crippen LogP contribution < -0.4 is 5.32 Å². The number of hydrogen-bond acceptors (Lipinski definition) is 2. The summed E-state index contributed by atoms with van der Waals surface area (Å²) in [5.74, 6) is 2.93. The highest BCUT2D eigenvalue weighted by molar-refractivity contribution is 9.10. The second kappa shape index (κ2) is 9.97. The Balaban J connectivity index is 1.40. The van der Waals surface area contributed by atoms with Crippen molar-refractivity contribution in [2.45, 2.75) is 78.2 Å². The smallest absolute Gasteiger partial charge is 0.272 e. The zero-order chi connectivity index (χ0) is 23.9. The summed E-state index contributed by atoms with van der Waals surface area (Å²) in [7, 11) is 0. The molecule has 3 atom stereocenters. The van der Waals surface area contributed by atoms with Gasteiger partial charge in [0.25, 0.3) is 5.91 Å². The summed E-state index contributed by atoms with van der Waals surface area (Å²) < 4.78 is 3.21. The zero-order valence-corrected chi connectivity index (χ0v) is 22.8. The highest BCUT2D eigenvalue weighted by Crippen LogP contribution is 2.61. The van der Waals surface area contributed by atoms with Crippen LogP contribution in [0.5, 0.6) is 0 Å². The number of benzene rings is 1. The van der Waals surface area contributed by atoms with Crippen molar-refractivity contribution in [3.05, 3.63) is 39.5 Å². The van der Waals surface area contributed by atoms with Crippen LogP contribution in [0.3, 0.4) is 0 Å². The number of halogens is 2. The van der Waals surface area contributed by atoms with E-state index in [1.165, 1.54) is 30.4 Å². The summed E-state index contributed by atoms with van der Waals surface area (Å²) in [5, 5.41) is 8.25. The van der Waals surface area contributed by atoms with E-state index < -0.39 is 0 Å². The fourth-order valence-corrected chi connectivity index (χ4v) is 7.48. The van der Waals surface area contributed by atoms with Crippen LogP contribution in [0.25, 0.3) is 11.3 Å². The third-order valence-corrected chi connectivity index (χ3v) is 9.75. The van der Waals surface area contributed by atoms with E-state index in [-0.39, 0.29) is 5.91 Å². The topological polar surface area (TPSA) is 46.9 Å². The Morgan fingerprint density at radius 1 is 1.24 bits per heavy atom. The number of unbranched alkanes of at least 4 members (excludes halogenated alkanes) is 2. The summed E-state index contributed by atoms with van der Waals surface area (Å²) in [6.07, 6.45) is 9.96. The van der Waals surface area contributed by atoms with Gasteiger partial charge >= 0.3 is 0 Å². The summed E-state index contributed by atoms with van der Waals surface area (Å²) in [4.78, 5) is 13.5. The van der Waals surface area contributed by atoms with Gasteiger partial charge in [-0.05, 0) is 92.2 Å². The SMILES string of the molecule is CC1(C)C2CCC(CNC(=O)c3nn(CCCCCCl)c4c3CCCc3cc(Br)ccc3-4)C1C2. The van der Waals surface area contributed by atoms with Gasteiger partial charge in [-0.15, -0.1) is 11.6 Å². The highest BCUT2D eigenvalue weighted by atomic mass is 79.9. The van der Waals surface area contributed by atoms with Gasteiger partial charge in [-0.3, -0.25) is 9.48 Å². The number of aryl methyl sites for hydroxylation is 2. The fraction of sp³-hybridized carbons (Fsp3) is 0.643. The monoisotopic (exact) mass is 545 g/mol. The lowest BCUT2D eigenvalue weighted by molar-refractivity contribution is -0.103. The summed E-state index contributed by atoms with van der Waals surface area (Å²) in [5.41, 5.74) is 5.93. The summed E-state index contributed by atoms with van der Waals surface area (Å²) in [6.45, 7) is 6.44. The van der Waals surface area contributed by atoms with E-state index in [1.807, 2.05) is 0 Å². The van der Waals surface area contributed by atoms with E-state index in [0.29, 0.717) is 22.9 Å². The second-order valence-electron chi connectivity index (χ2n) is 11.2. The van der Waals surface area contributed by atoms with E-state index in [1.54, 1.807) is 0 Å². The molecule has 4 aliphatic rings. The molecule has 3 fully saturated rings. The van der Waals surface area contributed by atoms with Crippen molar-refractivity contribution in [1.29, 1.82) is 0 Å². The van der Waals surface area contributed by atoms with Crippen LogP contribution in [0.1, 0.15) is 80.4 Å². The molecule has 0 radical (unpaired) electrons. The Bertz CT molecular complexity index is 1060. The molecule has 1 amide bonds. The number of rotatable bonds is 8. The first-order chi connectivity index (χ1) is 16.4. The van der Waals surface area contributed by atoms with Crippen molar-refractivity contribution in [3.8, 4) is 11.3 Å². The number of amides is 1. The number of alkyl halides is 1. The van der Waals surface area contributed by atoms with Gasteiger partial charge in [0, 0.05) is 34.6 Å². The van der Waals surface area contributed by atoms with Gasteiger partial charge in [0.1, 0.15) is 0 Å². The normalized spacial score (nSPS) is 24.5. The minimum atomic E-state index is 0.00979. The number of hydrogen-bond donors (Lipinski definition) is 1. The van der Waals surface area contributed by atoms with E-state index in [0.717, 1.165) is 79.2 Å².